The molecule has 0 aromatic carbocycles. The summed E-state index contributed by atoms with van der Waals surface area (Å²) in [6.07, 6.45) is 9.09. The molecule has 2 fully saturated rings. The Balaban J connectivity index is 1.78. The lowest BCUT2D eigenvalue weighted by Crippen LogP contribution is -2.38. The molecule has 0 aromatic heterocycles. The van der Waals surface area contributed by atoms with Crippen LogP contribution in [0.3, 0.4) is 0 Å². The van der Waals surface area contributed by atoms with Gasteiger partial charge >= 0.3 is 0 Å². The molecular formula is C14H26O6. The predicted molar refractivity (Wildman–Crippen MR) is 70.3 cm³/mol. The smallest absolute Gasteiger partial charge is 0.234 e. The van der Waals surface area contributed by atoms with Crippen LogP contribution in [0.1, 0.15) is 57.8 Å². The second-order valence-corrected chi connectivity index (χ2v) is 5.34. The fourth-order valence-electron chi connectivity index (χ4n) is 2.48. The first kappa shape index (κ1) is 16.1. The first-order chi connectivity index (χ1) is 9.91. The maximum Gasteiger partial charge on any atom is 0.234 e. The van der Waals surface area contributed by atoms with E-state index in [9.17, 15) is 0 Å². The highest BCUT2D eigenvalue weighted by Crippen LogP contribution is 2.33. The number of ether oxygens (including phenoxy) is 2. The Kier molecular flexibility index (Phi) is 7.79. The van der Waals surface area contributed by atoms with E-state index in [1.54, 1.807) is 0 Å². The summed E-state index contributed by atoms with van der Waals surface area (Å²) in [5.74, 6) is -0.814. The van der Waals surface area contributed by atoms with E-state index in [1.165, 1.54) is 6.42 Å². The molecule has 2 rings (SSSR count). The first-order valence-electron chi connectivity index (χ1n) is 7.68. The van der Waals surface area contributed by atoms with Crippen molar-refractivity contribution in [1.29, 1.82) is 0 Å². The Morgan fingerprint density at radius 1 is 0.550 bits per heavy atom. The van der Waals surface area contributed by atoms with Crippen molar-refractivity contribution in [3.05, 3.63) is 0 Å². The van der Waals surface area contributed by atoms with Crippen LogP contribution in [0.25, 0.3) is 0 Å². The van der Waals surface area contributed by atoms with E-state index in [-0.39, 0.29) is 13.6 Å². The van der Waals surface area contributed by atoms with Crippen LogP contribution in [0.15, 0.2) is 0 Å². The lowest BCUT2D eigenvalue weighted by atomic mass is 9.94. The summed E-state index contributed by atoms with van der Waals surface area (Å²) in [6, 6.07) is 0. The maximum atomic E-state index is 5.42. The molecule has 0 amide bonds. The topological polar surface area (TPSA) is 55.4 Å². The molecule has 1 spiro atoms. The highest BCUT2D eigenvalue weighted by Gasteiger charge is 2.37. The van der Waals surface area contributed by atoms with Gasteiger partial charge in [-0.15, -0.1) is 0 Å². The van der Waals surface area contributed by atoms with Crippen molar-refractivity contribution in [2.45, 2.75) is 63.6 Å². The van der Waals surface area contributed by atoms with E-state index in [0.29, 0.717) is 13.2 Å². The molecule has 6 nitrogen and oxygen atoms in total. The zero-order valence-electron chi connectivity index (χ0n) is 12.1. The molecule has 20 heavy (non-hydrogen) atoms. The van der Waals surface area contributed by atoms with Crippen LogP contribution in [-0.2, 0) is 29.0 Å². The van der Waals surface area contributed by atoms with Gasteiger partial charge in [-0.3, -0.25) is 0 Å². The summed E-state index contributed by atoms with van der Waals surface area (Å²) < 4.78 is 10.7. The van der Waals surface area contributed by atoms with Crippen LogP contribution in [0.5, 0.6) is 0 Å². The zero-order valence-corrected chi connectivity index (χ0v) is 12.1. The van der Waals surface area contributed by atoms with Crippen molar-refractivity contribution in [2.75, 3.05) is 26.8 Å². The van der Waals surface area contributed by atoms with E-state index in [0.717, 1.165) is 51.4 Å². The Labute approximate surface area is 120 Å². The minimum atomic E-state index is -0.814. The van der Waals surface area contributed by atoms with Gasteiger partial charge in [0.1, 0.15) is 0 Å². The second-order valence-electron chi connectivity index (χ2n) is 5.34. The van der Waals surface area contributed by atoms with Gasteiger partial charge in [0.05, 0.1) is 0 Å². The van der Waals surface area contributed by atoms with Crippen LogP contribution in [0.4, 0.5) is 0 Å². The summed E-state index contributed by atoms with van der Waals surface area (Å²) in [4.78, 5) is 21.1. The third-order valence-electron chi connectivity index (χ3n) is 3.63. The Hall–Kier alpha value is -0.240. The van der Waals surface area contributed by atoms with Crippen molar-refractivity contribution in [3.63, 3.8) is 0 Å². The zero-order chi connectivity index (χ0) is 13.9. The van der Waals surface area contributed by atoms with Crippen LogP contribution >= 0.6 is 0 Å². The Bertz CT molecular complexity index is 224. The highest BCUT2D eigenvalue weighted by molar-refractivity contribution is 4.72. The SMILES string of the molecule is C1CCCOCOOC2(CCCCC2)OOCOCC1. The Morgan fingerprint density at radius 3 is 1.60 bits per heavy atom. The lowest BCUT2D eigenvalue weighted by molar-refractivity contribution is -0.533. The monoisotopic (exact) mass is 290 g/mol. The normalized spacial score (nSPS) is 27.6. The van der Waals surface area contributed by atoms with Crippen molar-refractivity contribution in [1.82, 2.24) is 0 Å². The molecule has 1 saturated heterocycles. The molecule has 1 saturated carbocycles. The van der Waals surface area contributed by atoms with Crippen LogP contribution in [0, 0.1) is 0 Å². The minimum absolute atomic E-state index is 0.127. The molecule has 0 atom stereocenters. The molecule has 2 aliphatic rings. The molecule has 1 aliphatic heterocycles. The molecular weight excluding hydrogens is 264 g/mol. The molecule has 0 unspecified atom stereocenters. The molecule has 0 bridgehead atoms. The van der Waals surface area contributed by atoms with Gasteiger partial charge in [-0.1, -0.05) is 19.3 Å². The van der Waals surface area contributed by atoms with Gasteiger partial charge in [-0.25, -0.2) is 9.78 Å². The van der Waals surface area contributed by atoms with E-state index in [4.69, 9.17) is 29.0 Å². The summed E-state index contributed by atoms with van der Waals surface area (Å²) in [5.41, 5.74) is 0. The van der Waals surface area contributed by atoms with E-state index < -0.39 is 5.79 Å². The van der Waals surface area contributed by atoms with Gasteiger partial charge in [-0.2, -0.15) is 9.78 Å². The summed E-state index contributed by atoms with van der Waals surface area (Å²) >= 11 is 0. The summed E-state index contributed by atoms with van der Waals surface area (Å²) in [7, 11) is 0. The fraction of sp³-hybridized carbons (Fsp3) is 1.00. The van der Waals surface area contributed by atoms with Crippen molar-refractivity contribution in [3.8, 4) is 0 Å². The minimum Gasteiger partial charge on any atom is -0.352 e. The lowest BCUT2D eigenvalue weighted by Gasteiger charge is -2.33. The van der Waals surface area contributed by atoms with Gasteiger partial charge in [0.15, 0.2) is 13.6 Å². The van der Waals surface area contributed by atoms with E-state index in [1.807, 2.05) is 0 Å². The Morgan fingerprint density at radius 2 is 1.05 bits per heavy atom. The predicted octanol–water partition coefficient (Wildman–Crippen LogP) is 3.07. The maximum absolute atomic E-state index is 5.42. The molecule has 1 aliphatic carbocycles. The van der Waals surface area contributed by atoms with Gasteiger partial charge < -0.3 is 9.47 Å². The first-order valence-corrected chi connectivity index (χ1v) is 7.68. The summed E-state index contributed by atoms with van der Waals surface area (Å²) in [6.45, 7) is 1.63. The van der Waals surface area contributed by atoms with E-state index >= 15 is 0 Å². The average molecular weight is 290 g/mol. The molecule has 0 N–H and O–H groups in total. The number of rotatable bonds is 0. The number of hydrogen-bond acceptors (Lipinski definition) is 6. The summed E-state index contributed by atoms with van der Waals surface area (Å²) in [5, 5.41) is 0. The molecule has 0 radical (unpaired) electrons. The van der Waals surface area contributed by atoms with Gasteiger partial charge in [0, 0.05) is 26.1 Å². The number of hydrogen-bond donors (Lipinski definition) is 0. The van der Waals surface area contributed by atoms with Crippen LogP contribution < -0.4 is 0 Å². The van der Waals surface area contributed by atoms with Gasteiger partial charge in [-0.05, 0) is 25.7 Å². The molecule has 6 heteroatoms. The standard InChI is InChI=1S/C14H26O6/c1-2-7-11-16-13-18-20-14(8-4-3-5-9-14)19-17-12-15-10-6-1/h1-13H2. The second kappa shape index (κ2) is 9.65. The quantitative estimate of drug-likeness (QED) is 0.639. The highest BCUT2D eigenvalue weighted by atomic mass is 17.3. The molecule has 0 aromatic rings. The largest absolute Gasteiger partial charge is 0.352 e. The third-order valence-corrected chi connectivity index (χ3v) is 3.63. The van der Waals surface area contributed by atoms with Crippen LogP contribution in [0.2, 0.25) is 0 Å². The third kappa shape index (κ3) is 6.03. The molecule has 1 heterocycles. The van der Waals surface area contributed by atoms with Crippen molar-refractivity contribution < 1.29 is 29.0 Å². The van der Waals surface area contributed by atoms with Gasteiger partial charge in [0.25, 0.3) is 0 Å². The van der Waals surface area contributed by atoms with Gasteiger partial charge in [0.2, 0.25) is 5.79 Å². The van der Waals surface area contributed by atoms with Crippen molar-refractivity contribution in [2.24, 2.45) is 0 Å². The van der Waals surface area contributed by atoms with Crippen molar-refractivity contribution >= 4 is 0 Å². The van der Waals surface area contributed by atoms with Crippen LogP contribution in [-0.4, -0.2) is 32.6 Å². The average Bonchev–Trinajstić information content (AvgIpc) is 2.49. The fourth-order valence-corrected chi connectivity index (χ4v) is 2.48. The molecule has 118 valence electrons. The van der Waals surface area contributed by atoms with E-state index in [2.05, 4.69) is 0 Å².